The lowest BCUT2D eigenvalue weighted by atomic mass is 9.66. The van der Waals surface area contributed by atoms with Crippen LogP contribution in [0.4, 0.5) is 14.5 Å². The Kier molecular flexibility index (Phi) is 4.92. The minimum atomic E-state index is -2.78. The molecular formula is C18H23F2N3O2S. The molecule has 4 rings (SSSR count). The van der Waals surface area contributed by atoms with Gasteiger partial charge in [-0.2, -0.15) is 0 Å². The number of anilines is 1. The number of halogens is 2. The number of nitrogens with one attached hydrogen (secondary N) is 1. The number of alkyl halides is 2. The molecule has 1 aliphatic carbocycles. The molecule has 3 fully saturated rings. The summed E-state index contributed by atoms with van der Waals surface area (Å²) in [4.78, 5) is 16.9. The number of carbonyl (C=O) groups is 1. The summed E-state index contributed by atoms with van der Waals surface area (Å²) in [6, 6.07) is 3.30. The average Bonchev–Trinajstić information content (AvgIpc) is 3.24. The Morgan fingerprint density at radius 2 is 2.19 bits per heavy atom. The van der Waals surface area contributed by atoms with Crippen molar-refractivity contribution in [3.8, 4) is 0 Å². The van der Waals surface area contributed by atoms with Crippen LogP contribution >= 0.6 is 11.9 Å². The second-order valence-corrected chi connectivity index (χ2v) is 8.29. The predicted molar refractivity (Wildman–Crippen MR) is 94.7 cm³/mol. The van der Waals surface area contributed by atoms with E-state index in [2.05, 4.69) is 10.3 Å². The van der Waals surface area contributed by atoms with Gasteiger partial charge in [-0.05, 0) is 61.6 Å². The highest BCUT2D eigenvalue weighted by atomic mass is 32.2. The molecule has 1 aromatic rings. The summed E-state index contributed by atoms with van der Waals surface area (Å²) in [6.45, 7) is 0. The first kappa shape index (κ1) is 18.1. The molecule has 2 aliphatic heterocycles. The topological polar surface area (TPSA) is 77.2 Å². The Morgan fingerprint density at radius 3 is 2.88 bits per heavy atom. The number of nitrogens with zero attached hydrogens (tertiary/aromatic N) is 1. The molecular weight excluding hydrogens is 360 g/mol. The third kappa shape index (κ3) is 3.59. The summed E-state index contributed by atoms with van der Waals surface area (Å²) < 4.78 is 34.1. The number of rotatable bonds is 4. The van der Waals surface area contributed by atoms with Crippen LogP contribution in [0.3, 0.4) is 0 Å². The Balaban J connectivity index is 1.52. The van der Waals surface area contributed by atoms with Crippen molar-refractivity contribution in [3.63, 3.8) is 0 Å². The summed E-state index contributed by atoms with van der Waals surface area (Å²) >= 11 is 0.976. The van der Waals surface area contributed by atoms with Gasteiger partial charge in [0.25, 0.3) is 0 Å². The maximum Gasteiger partial charge on any atom is 0.248 e. The van der Waals surface area contributed by atoms with E-state index in [0.29, 0.717) is 17.1 Å². The lowest BCUT2D eigenvalue weighted by molar-refractivity contribution is -0.134. The number of hydrogen-bond acceptors (Lipinski definition) is 5. The second kappa shape index (κ2) is 7.05. The standard InChI is InChI=1S/C18H23F2N3O2S/c19-18(20)5-3-12(13-8-11-1-2-15(13)25-11)14(9-18)17(24)23-10-4-6-22-16(7-10)26-21/h4,6-7,11-15H,1-3,5,8-9,21H2,(H,22,23,24)/t11?,12?,13?,14-,15?/m1/s1. The molecule has 26 heavy (non-hydrogen) atoms. The predicted octanol–water partition coefficient (Wildman–Crippen LogP) is 3.61. The van der Waals surface area contributed by atoms with Gasteiger partial charge in [-0.25, -0.2) is 13.8 Å². The van der Waals surface area contributed by atoms with Gasteiger partial charge in [0.1, 0.15) is 5.03 Å². The van der Waals surface area contributed by atoms with E-state index in [4.69, 9.17) is 9.88 Å². The number of aromatic nitrogens is 1. The van der Waals surface area contributed by atoms with E-state index in [1.54, 1.807) is 18.3 Å². The highest BCUT2D eigenvalue weighted by molar-refractivity contribution is 7.97. The molecule has 0 spiro atoms. The third-order valence-electron chi connectivity index (χ3n) is 6.04. The minimum absolute atomic E-state index is 0.0462. The van der Waals surface area contributed by atoms with Crippen LogP contribution in [0.25, 0.3) is 0 Å². The van der Waals surface area contributed by atoms with E-state index in [1.165, 1.54) is 0 Å². The molecule has 0 radical (unpaired) electrons. The van der Waals surface area contributed by atoms with Gasteiger partial charge in [0.2, 0.25) is 11.8 Å². The van der Waals surface area contributed by atoms with Crippen molar-refractivity contribution in [1.82, 2.24) is 4.98 Å². The molecule has 5 atom stereocenters. The lowest BCUT2D eigenvalue weighted by Crippen LogP contribution is -2.44. The Morgan fingerprint density at radius 1 is 1.35 bits per heavy atom. The maximum absolute atomic E-state index is 14.1. The molecule has 3 heterocycles. The van der Waals surface area contributed by atoms with E-state index < -0.39 is 11.8 Å². The summed E-state index contributed by atoms with van der Waals surface area (Å²) in [6.07, 6.45) is 4.71. The first-order valence-corrected chi connectivity index (χ1v) is 10.00. The smallest absolute Gasteiger partial charge is 0.248 e. The van der Waals surface area contributed by atoms with Crippen LogP contribution in [-0.4, -0.2) is 29.0 Å². The molecule has 2 saturated heterocycles. The monoisotopic (exact) mass is 383 g/mol. The van der Waals surface area contributed by atoms with Gasteiger partial charge in [0.15, 0.2) is 0 Å². The van der Waals surface area contributed by atoms with Gasteiger partial charge in [-0.1, -0.05) is 0 Å². The highest BCUT2D eigenvalue weighted by Gasteiger charge is 2.52. The van der Waals surface area contributed by atoms with Gasteiger partial charge >= 0.3 is 0 Å². The summed E-state index contributed by atoms with van der Waals surface area (Å²) in [5.41, 5.74) is 0.537. The molecule has 1 aromatic heterocycles. The number of pyridine rings is 1. The Hall–Kier alpha value is -1.25. The van der Waals surface area contributed by atoms with Gasteiger partial charge in [0, 0.05) is 30.6 Å². The summed E-state index contributed by atoms with van der Waals surface area (Å²) in [5.74, 6) is -3.65. The van der Waals surface area contributed by atoms with Crippen molar-refractivity contribution in [1.29, 1.82) is 0 Å². The van der Waals surface area contributed by atoms with E-state index in [9.17, 15) is 13.6 Å². The van der Waals surface area contributed by atoms with Crippen LogP contribution in [0.2, 0.25) is 0 Å². The number of fused-ring (bicyclic) bond motifs is 2. The quantitative estimate of drug-likeness (QED) is 0.777. The molecule has 2 bridgehead atoms. The zero-order chi connectivity index (χ0) is 18.3. The lowest BCUT2D eigenvalue weighted by Gasteiger charge is -2.40. The van der Waals surface area contributed by atoms with Crippen LogP contribution in [-0.2, 0) is 9.53 Å². The van der Waals surface area contributed by atoms with Crippen molar-refractivity contribution in [3.05, 3.63) is 18.3 Å². The van der Waals surface area contributed by atoms with Crippen molar-refractivity contribution >= 4 is 23.5 Å². The summed E-state index contributed by atoms with van der Waals surface area (Å²) in [7, 11) is 0. The van der Waals surface area contributed by atoms with Crippen LogP contribution < -0.4 is 10.5 Å². The van der Waals surface area contributed by atoms with Gasteiger partial charge in [0.05, 0.1) is 12.2 Å². The highest BCUT2D eigenvalue weighted by Crippen LogP contribution is 2.51. The van der Waals surface area contributed by atoms with Gasteiger partial charge in [-0.15, -0.1) is 0 Å². The van der Waals surface area contributed by atoms with Crippen molar-refractivity contribution in [2.75, 3.05) is 5.32 Å². The fraction of sp³-hybridized carbons (Fsp3) is 0.667. The van der Waals surface area contributed by atoms with E-state index in [1.807, 2.05) is 0 Å². The number of amides is 1. The average molecular weight is 383 g/mol. The first-order valence-electron chi connectivity index (χ1n) is 9.12. The fourth-order valence-corrected chi connectivity index (χ4v) is 5.18. The maximum atomic E-state index is 14.1. The van der Waals surface area contributed by atoms with Crippen LogP contribution in [0.15, 0.2) is 23.4 Å². The number of nitrogens with two attached hydrogens (primary N) is 1. The van der Waals surface area contributed by atoms with E-state index in [0.717, 1.165) is 31.2 Å². The molecule has 4 unspecified atom stereocenters. The van der Waals surface area contributed by atoms with E-state index >= 15 is 0 Å². The molecule has 8 heteroatoms. The third-order valence-corrected chi connectivity index (χ3v) is 6.51. The normalized spacial score (nSPS) is 35.4. The molecule has 3 aliphatic rings. The van der Waals surface area contributed by atoms with Crippen LogP contribution in [0.1, 0.15) is 38.5 Å². The molecule has 3 N–H and O–H groups in total. The number of carbonyl (C=O) groups excluding carboxylic acids is 1. The second-order valence-electron chi connectivity index (χ2n) is 7.63. The van der Waals surface area contributed by atoms with Crippen molar-refractivity contribution in [2.45, 2.75) is 61.7 Å². The molecule has 1 saturated carbocycles. The Bertz CT molecular complexity index is 690. The van der Waals surface area contributed by atoms with Gasteiger partial charge in [-0.3, -0.25) is 9.93 Å². The largest absolute Gasteiger partial charge is 0.375 e. The van der Waals surface area contributed by atoms with E-state index in [-0.39, 0.29) is 42.8 Å². The van der Waals surface area contributed by atoms with Gasteiger partial charge < -0.3 is 10.1 Å². The minimum Gasteiger partial charge on any atom is -0.375 e. The van der Waals surface area contributed by atoms with Crippen LogP contribution in [0.5, 0.6) is 0 Å². The number of hydrogen-bond donors (Lipinski definition) is 2. The fourth-order valence-electron chi connectivity index (χ4n) is 4.87. The SMILES string of the molecule is NSc1cc(NC(=O)[C@@H]2CC(F)(F)CCC2C2CC3CCC2O3)ccn1. The molecule has 5 nitrogen and oxygen atoms in total. The molecule has 0 aromatic carbocycles. The molecule has 1 amide bonds. The number of ether oxygens (including phenoxy) is 1. The zero-order valence-corrected chi connectivity index (χ0v) is 15.2. The first-order chi connectivity index (χ1) is 12.4. The van der Waals surface area contributed by atoms with Crippen LogP contribution in [0, 0.1) is 17.8 Å². The van der Waals surface area contributed by atoms with Crippen molar-refractivity contribution < 1.29 is 18.3 Å². The Labute approximate surface area is 155 Å². The van der Waals surface area contributed by atoms with Crippen molar-refractivity contribution in [2.24, 2.45) is 22.9 Å². The summed E-state index contributed by atoms with van der Waals surface area (Å²) in [5, 5.41) is 8.86. The zero-order valence-electron chi connectivity index (χ0n) is 14.4. The molecule has 142 valence electrons.